The van der Waals surface area contributed by atoms with E-state index in [2.05, 4.69) is 21.4 Å². The molecule has 0 amide bonds. The molecular formula is C16H22N4. The Balaban J connectivity index is 1.55. The van der Waals surface area contributed by atoms with Gasteiger partial charge in [0.25, 0.3) is 0 Å². The van der Waals surface area contributed by atoms with Gasteiger partial charge in [-0.15, -0.1) is 0 Å². The average Bonchev–Trinajstić information content (AvgIpc) is 2.90. The normalized spacial score (nSPS) is 16.8. The van der Waals surface area contributed by atoms with E-state index >= 15 is 0 Å². The number of hydrogen-bond acceptors (Lipinski definition) is 3. The summed E-state index contributed by atoms with van der Waals surface area (Å²) in [4.78, 5) is 8.50. The van der Waals surface area contributed by atoms with E-state index < -0.39 is 0 Å². The molecule has 1 aliphatic carbocycles. The molecule has 0 unspecified atom stereocenters. The van der Waals surface area contributed by atoms with Gasteiger partial charge in [-0.3, -0.25) is 4.57 Å². The van der Waals surface area contributed by atoms with Crippen molar-refractivity contribution in [3.8, 4) is 5.82 Å². The largest absolute Gasteiger partial charge is 0.384 e. The van der Waals surface area contributed by atoms with E-state index in [9.17, 15) is 0 Å². The fourth-order valence-electron chi connectivity index (χ4n) is 2.87. The number of rotatable bonds is 4. The molecule has 0 aromatic carbocycles. The molecule has 20 heavy (non-hydrogen) atoms. The van der Waals surface area contributed by atoms with Crippen LogP contribution < -0.4 is 5.32 Å². The van der Waals surface area contributed by atoms with Gasteiger partial charge in [-0.1, -0.05) is 25.7 Å². The molecule has 4 heteroatoms. The predicted molar refractivity (Wildman–Crippen MR) is 81.0 cm³/mol. The van der Waals surface area contributed by atoms with Crippen LogP contribution in [0.4, 0.5) is 5.69 Å². The summed E-state index contributed by atoms with van der Waals surface area (Å²) in [5.41, 5.74) is 1.11. The van der Waals surface area contributed by atoms with Crippen LogP contribution in [0.5, 0.6) is 0 Å². The Hall–Kier alpha value is -1.84. The predicted octanol–water partition coefficient (Wildman–Crippen LogP) is 3.65. The minimum Gasteiger partial charge on any atom is -0.384 e. The maximum absolute atomic E-state index is 4.46. The number of pyridine rings is 1. The standard InChI is InChI=1S/C16H22N4/c1-2-4-6-14(5-3-1)11-18-15-7-8-16(19-12-15)20-10-9-17-13-20/h7-10,12-14,18H,1-6,11H2. The number of nitrogens with zero attached hydrogens (tertiary/aromatic N) is 3. The van der Waals surface area contributed by atoms with Crippen LogP contribution in [0.1, 0.15) is 38.5 Å². The Morgan fingerprint density at radius 2 is 2.00 bits per heavy atom. The topological polar surface area (TPSA) is 42.7 Å². The van der Waals surface area contributed by atoms with Crippen LogP contribution in [0.15, 0.2) is 37.1 Å². The van der Waals surface area contributed by atoms with Crippen LogP contribution in [-0.4, -0.2) is 21.1 Å². The zero-order valence-electron chi connectivity index (χ0n) is 11.8. The molecule has 3 rings (SSSR count). The Morgan fingerprint density at radius 3 is 2.65 bits per heavy atom. The molecule has 2 heterocycles. The van der Waals surface area contributed by atoms with Crippen molar-refractivity contribution in [1.82, 2.24) is 14.5 Å². The molecule has 0 radical (unpaired) electrons. The molecule has 0 bridgehead atoms. The van der Waals surface area contributed by atoms with E-state index in [4.69, 9.17) is 0 Å². The molecule has 0 spiro atoms. The Labute approximate surface area is 120 Å². The van der Waals surface area contributed by atoms with Gasteiger partial charge in [0.2, 0.25) is 0 Å². The van der Waals surface area contributed by atoms with Crippen LogP contribution in [0, 0.1) is 5.92 Å². The fraction of sp³-hybridized carbons (Fsp3) is 0.500. The van der Waals surface area contributed by atoms with Gasteiger partial charge in [0.05, 0.1) is 11.9 Å². The van der Waals surface area contributed by atoms with Crippen molar-refractivity contribution in [3.63, 3.8) is 0 Å². The highest BCUT2D eigenvalue weighted by Gasteiger charge is 2.11. The molecule has 1 aliphatic rings. The van der Waals surface area contributed by atoms with Gasteiger partial charge in [0, 0.05) is 18.9 Å². The van der Waals surface area contributed by atoms with Crippen molar-refractivity contribution in [3.05, 3.63) is 37.1 Å². The van der Waals surface area contributed by atoms with Gasteiger partial charge in [0.1, 0.15) is 12.1 Å². The first kappa shape index (κ1) is 13.2. The van der Waals surface area contributed by atoms with Crippen molar-refractivity contribution in [2.75, 3.05) is 11.9 Å². The molecule has 2 aromatic heterocycles. The minimum absolute atomic E-state index is 0.825. The Kier molecular flexibility index (Phi) is 4.31. The number of nitrogens with one attached hydrogen (secondary N) is 1. The summed E-state index contributed by atoms with van der Waals surface area (Å²) in [6.45, 7) is 1.08. The fourth-order valence-corrected chi connectivity index (χ4v) is 2.87. The first-order chi connectivity index (χ1) is 9.92. The minimum atomic E-state index is 0.825. The zero-order valence-corrected chi connectivity index (χ0v) is 11.8. The SMILES string of the molecule is c1cn(-c2ccc(NCC3CCCCCC3)cn2)cn1. The highest BCUT2D eigenvalue weighted by molar-refractivity contribution is 5.43. The lowest BCUT2D eigenvalue weighted by Crippen LogP contribution is -2.13. The lowest BCUT2D eigenvalue weighted by Gasteiger charge is -2.15. The summed E-state index contributed by atoms with van der Waals surface area (Å²) in [6, 6.07) is 4.12. The van der Waals surface area contributed by atoms with E-state index in [1.54, 1.807) is 12.5 Å². The van der Waals surface area contributed by atoms with E-state index in [0.29, 0.717) is 0 Å². The van der Waals surface area contributed by atoms with Gasteiger partial charge < -0.3 is 5.32 Å². The first-order valence-electron chi connectivity index (χ1n) is 7.60. The maximum atomic E-state index is 4.46. The van der Waals surface area contributed by atoms with Crippen molar-refractivity contribution in [2.24, 2.45) is 5.92 Å². The summed E-state index contributed by atoms with van der Waals surface area (Å²) in [7, 11) is 0. The maximum Gasteiger partial charge on any atom is 0.137 e. The van der Waals surface area contributed by atoms with Crippen molar-refractivity contribution in [2.45, 2.75) is 38.5 Å². The number of imidazole rings is 1. The zero-order chi connectivity index (χ0) is 13.6. The first-order valence-corrected chi connectivity index (χ1v) is 7.60. The van der Waals surface area contributed by atoms with E-state index in [-0.39, 0.29) is 0 Å². The quantitative estimate of drug-likeness (QED) is 0.862. The second-order valence-corrected chi connectivity index (χ2v) is 5.61. The van der Waals surface area contributed by atoms with Gasteiger partial charge in [-0.25, -0.2) is 9.97 Å². The molecular weight excluding hydrogens is 248 g/mol. The molecule has 2 aromatic rings. The van der Waals surface area contributed by atoms with Crippen molar-refractivity contribution >= 4 is 5.69 Å². The number of anilines is 1. The van der Waals surface area contributed by atoms with Crippen molar-refractivity contribution in [1.29, 1.82) is 0 Å². The molecule has 1 saturated carbocycles. The summed E-state index contributed by atoms with van der Waals surface area (Å²) >= 11 is 0. The highest BCUT2D eigenvalue weighted by atomic mass is 15.1. The molecule has 0 atom stereocenters. The van der Waals surface area contributed by atoms with Gasteiger partial charge in [0.15, 0.2) is 0 Å². The lowest BCUT2D eigenvalue weighted by molar-refractivity contribution is 0.483. The summed E-state index contributed by atoms with van der Waals surface area (Å²) in [6.07, 6.45) is 15.7. The van der Waals surface area contributed by atoms with Crippen LogP contribution >= 0.6 is 0 Å². The Morgan fingerprint density at radius 1 is 1.15 bits per heavy atom. The molecule has 1 N–H and O–H groups in total. The van der Waals surface area contributed by atoms with Crippen molar-refractivity contribution < 1.29 is 0 Å². The number of hydrogen-bond donors (Lipinski definition) is 1. The molecule has 0 saturated heterocycles. The van der Waals surface area contributed by atoms with Gasteiger partial charge in [-0.2, -0.15) is 0 Å². The van der Waals surface area contributed by atoms with Gasteiger partial charge >= 0.3 is 0 Å². The average molecular weight is 270 g/mol. The third-order valence-corrected chi connectivity index (χ3v) is 4.09. The van der Waals surface area contributed by atoms with E-state index in [1.807, 2.05) is 23.0 Å². The summed E-state index contributed by atoms with van der Waals surface area (Å²) in [5.74, 6) is 1.73. The highest BCUT2D eigenvalue weighted by Crippen LogP contribution is 2.23. The molecule has 106 valence electrons. The van der Waals surface area contributed by atoms with Crippen LogP contribution in [0.25, 0.3) is 5.82 Å². The van der Waals surface area contributed by atoms with Gasteiger partial charge in [-0.05, 0) is 30.9 Å². The molecule has 1 fully saturated rings. The number of aromatic nitrogens is 3. The second kappa shape index (κ2) is 6.55. The third kappa shape index (κ3) is 3.38. The van der Waals surface area contributed by atoms with E-state index in [1.165, 1.54) is 38.5 Å². The molecule has 4 nitrogen and oxygen atoms in total. The third-order valence-electron chi connectivity index (χ3n) is 4.09. The summed E-state index contributed by atoms with van der Waals surface area (Å²) < 4.78 is 1.91. The van der Waals surface area contributed by atoms with Crippen LogP contribution in [-0.2, 0) is 0 Å². The molecule has 0 aliphatic heterocycles. The monoisotopic (exact) mass is 270 g/mol. The lowest BCUT2D eigenvalue weighted by atomic mass is 10.0. The van der Waals surface area contributed by atoms with E-state index in [0.717, 1.165) is 24.0 Å². The second-order valence-electron chi connectivity index (χ2n) is 5.61. The van der Waals surface area contributed by atoms with Crippen LogP contribution in [0.3, 0.4) is 0 Å². The smallest absolute Gasteiger partial charge is 0.137 e. The van der Waals surface area contributed by atoms with Crippen LogP contribution in [0.2, 0.25) is 0 Å². The summed E-state index contributed by atoms with van der Waals surface area (Å²) in [5, 5.41) is 3.53. The Bertz CT molecular complexity index is 496.